The highest BCUT2D eigenvalue weighted by atomic mass is 79.9. The highest BCUT2D eigenvalue weighted by molar-refractivity contribution is 9.10. The van der Waals surface area contributed by atoms with Gasteiger partial charge < -0.3 is 10.1 Å². The highest BCUT2D eigenvalue weighted by Gasteiger charge is 2.24. The summed E-state index contributed by atoms with van der Waals surface area (Å²) in [6.45, 7) is 0.849. The lowest BCUT2D eigenvalue weighted by Crippen LogP contribution is -2.08. The topological polar surface area (TPSA) is 39.1 Å². The molecule has 0 bridgehead atoms. The molecule has 2 heterocycles. The molecule has 0 amide bonds. The van der Waals surface area contributed by atoms with Gasteiger partial charge in [0.25, 0.3) is 0 Å². The van der Waals surface area contributed by atoms with Crippen LogP contribution in [0, 0.1) is 5.82 Å². The van der Waals surface area contributed by atoms with Crippen molar-refractivity contribution in [1.29, 1.82) is 0 Å². The highest BCUT2D eigenvalue weighted by Crippen LogP contribution is 2.39. The molecule has 0 saturated heterocycles. The molecule has 0 radical (unpaired) electrons. The second-order valence-electron chi connectivity index (χ2n) is 6.27. The number of para-hydroxylation sites is 1. The van der Waals surface area contributed by atoms with Crippen LogP contribution < -0.4 is 10.1 Å². The Balaban J connectivity index is 1.97. The van der Waals surface area contributed by atoms with Gasteiger partial charge in [0.05, 0.1) is 7.11 Å². The summed E-state index contributed by atoms with van der Waals surface area (Å²) in [5.41, 5.74) is 3.27. The molecule has 0 spiro atoms. The number of hydrogen-bond donors (Lipinski definition) is 1. The molecule has 26 heavy (non-hydrogen) atoms. The van der Waals surface area contributed by atoms with Gasteiger partial charge in [-0.1, -0.05) is 28.1 Å². The number of aromatic nitrogens is 2. The zero-order valence-corrected chi connectivity index (χ0v) is 16.0. The maximum Gasteiger partial charge on any atom is 0.148 e. The monoisotopic (exact) mass is 415 g/mol. The van der Waals surface area contributed by atoms with Crippen LogP contribution in [0.2, 0.25) is 0 Å². The lowest BCUT2D eigenvalue weighted by atomic mass is 10.0. The van der Waals surface area contributed by atoms with Gasteiger partial charge in [0, 0.05) is 22.1 Å². The van der Waals surface area contributed by atoms with Gasteiger partial charge in [0.1, 0.15) is 28.8 Å². The normalized spacial score (nSPS) is 13.7. The smallest absolute Gasteiger partial charge is 0.148 e. The third kappa shape index (κ3) is 2.98. The Morgan fingerprint density at radius 1 is 1.19 bits per heavy atom. The minimum atomic E-state index is -0.295. The van der Waals surface area contributed by atoms with E-state index in [2.05, 4.69) is 21.2 Å². The Morgan fingerprint density at radius 3 is 2.85 bits per heavy atom. The average molecular weight is 416 g/mol. The van der Waals surface area contributed by atoms with Crippen molar-refractivity contribution in [3.63, 3.8) is 0 Å². The molecule has 0 fully saturated rings. The van der Waals surface area contributed by atoms with Crippen LogP contribution in [-0.4, -0.2) is 23.4 Å². The fourth-order valence-electron chi connectivity index (χ4n) is 3.38. The minimum absolute atomic E-state index is 0.295. The van der Waals surface area contributed by atoms with E-state index in [0.717, 1.165) is 58.7 Å². The number of benzene rings is 2. The SMILES string of the molecule is COc1ccc(Br)cc1-c1nn(-c2ccccc2F)c2c1CCCCN2. The molecule has 0 saturated carbocycles. The first-order valence-corrected chi connectivity index (χ1v) is 9.43. The maximum atomic E-state index is 14.4. The first-order chi connectivity index (χ1) is 12.7. The summed E-state index contributed by atoms with van der Waals surface area (Å²) >= 11 is 3.53. The van der Waals surface area contributed by atoms with Crippen molar-refractivity contribution < 1.29 is 9.13 Å². The molecule has 4 rings (SSSR count). The average Bonchev–Trinajstić information content (AvgIpc) is 2.83. The van der Waals surface area contributed by atoms with Crippen molar-refractivity contribution in [3.05, 3.63) is 58.3 Å². The molecular formula is C20H19BrFN3O. The standard InChI is InChI=1S/C20H19BrFN3O/c1-26-18-10-9-13(21)12-15(18)19-14-6-4-5-11-23-20(14)25(24-19)17-8-3-2-7-16(17)22/h2-3,7-10,12,23H,4-6,11H2,1H3. The molecule has 1 N–H and O–H groups in total. The summed E-state index contributed by atoms with van der Waals surface area (Å²) in [4.78, 5) is 0. The Kier molecular flexibility index (Phi) is 4.68. The van der Waals surface area contributed by atoms with E-state index in [1.807, 2.05) is 24.3 Å². The van der Waals surface area contributed by atoms with Crippen LogP contribution in [0.4, 0.5) is 10.2 Å². The van der Waals surface area contributed by atoms with E-state index in [-0.39, 0.29) is 5.82 Å². The molecule has 3 aromatic rings. The molecule has 4 nitrogen and oxygen atoms in total. The first kappa shape index (κ1) is 17.1. The van der Waals surface area contributed by atoms with Gasteiger partial charge in [0.2, 0.25) is 0 Å². The fraction of sp³-hybridized carbons (Fsp3) is 0.250. The summed E-state index contributed by atoms with van der Waals surface area (Å²) in [7, 11) is 1.65. The van der Waals surface area contributed by atoms with Gasteiger partial charge in [-0.2, -0.15) is 5.10 Å². The quantitative estimate of drug-likeness (QED) is 0.638. The zero-order valence-electron chi connectivity index (χ0n) is 14.4. The van der Waals surface area contributed by atoms with E-state index in [1.165, 1.54) is 6.07 Å². The van der Waals surface area contributed by atoms with Crippen molar-refractivity contribution in [1.82, 2.24) is 9.78 Å². The number of nitrogens with one attached hydrogen (secondary N) is 1. The number of ether oxygens (including phenoxy) is 1. The summed E-state index contributed by atoms with van der Waals surface area (Å²) < 4.78 is 22.6. The van der Waals surface area contributed by atoms with Crippen LogP contribution >= 0.6 is 15.9 Å². The van der Waals surface area contributed by atoms with E-state index in [1.54, 1.807) is 23.9 Å². The largest absolute Gasteiger partial charge is 0.496 e. The van der Waals surface area contributed by atoms with Crippen LogP contribution in [-0.2, 0) is 6.42 Å². The van der Waals surface area contributed by atoms with Crippen LogP contribution in [0.25, 0.3) is 16.9 Å². The summed E-state index contributed by atoms with van der Waals surface area (Å²) in [6.07, 6.45) is 3.02. The number of nitrogens with zero attached hydrogens (tertiary/aromatic N) is 2. The van der Waals surface area contributed by atoms with E-state index in [0.29, 0.717) is 5.69 Å². The summed E-state index contributed by atoms with van der Waals surface area (Å²) in [5.74, 6) is 1.32. The molecule has 0 atom stereocenters. The third-order valence-corrected chi connectivity index (χ3v) is 5.12. The first-order valence-electron chi connectivity index (χ1n) is 8.63. The zero-order chi connectivity index (χ0) is 18.1. The van der Waals surface area contributed by atoms with Gasteiger partial charge in [0.15, 0.2) is 0 Å². The van der Waals surface area contributed by atoms with E-state index in [9.17, 15) is 4.39 Å². The van der Waals surface area contributed by atoms with Gasteiger partial charge in [-0.25, -0.2) is 9.07 Å². The molecule has 6 heteroatoms. The summed E-state index contributed by atoms with van der Waals surface area (Å²) in [5, 5.41) is 8.24. The number of halogens is 2. The molecule has 1 aliphatic rings. The number of hydrogen-bond acceptors (Lipinski definition) is 3. The van der Waals surface area contributed by atoms with E-state index >= 15 is 0 Å². The van der Waals surface area contributed by atoms with Gasteiger partial charge >= 0.3 is 0 Å². The van der Waals surface area contributed by atoms with Gasteiger partial charge in [-0.15, -0.1) is 0 Å². The second kappa shape index (κ2) is 7.11. The second-order valence-corrected chi connectivity index (χ2v) is 7.18. The third-order valence-electron chi connectivity index (χ3n) is 4.63. The Hall–Kier alpha value is -2.34. The fourth-order valence-corrected chi connectivity index (χ4v) is 3.74. The minimum Gasteiger partial charge on any atom is -0.496 e. The molecule has 134 valence electrons. The van der Waals surface area contributed by atoms with E-state index < -0.39 is 0 Å². The Labute approximate surface area is 160 Å². The molecular weight excluding hydrogens is 397 g/mol. The molecule has 2 aromatic carbocycles. The van der Waals surface area contributed by atoms with Crippen molar-refractivity contribution in [2.24, 2.45) is 0 Å². The molecule has 0 unspecified atom stereocenters. The lowest BCUT2D eigenvalue weighted by molar-refractivity contribution is 0.416. The van der Waals surface area contributed by atoms with Gasteiger partial charge in [-0.05, 0) is 49.6 Å². The predicted octanol–water partition coefficient (Wildman–Crippen LogP) is 5.20. The van der Waals surface area contributed by atoms with Crippen LogP contribution in [0.5, 0.6) is 5.75 Å². The predicted molar refractivity (Wildman–Crippen MR) is 105 cm³/mol. The van der Waals surface area contributed by atoms with Crippen molar-refractivity contribution in [2.45, 2.75) is 19.3 Å². The van der Waals surface area contributed by atoms with Crippen molar-refractivity contribution >= 4 is 21.7 Å². The Bertz CT molecular complexity index is 954. The molecule has 1 aliphatic heterocycles. The number of methoxy groups -OCH3 is 1. The number of fused-ring (bicyclic) bond motifs is 1. The van der Waals surface area contributed by atoms with Crippen molar-refractivity contribution in [2.75, 3.05) is 19.0 Å². The Morgan fingerprint density at radius 2 is 2.04 bits per heavy atom. The van der Waals surface area contributed by atoms with Gasteiger partial charge in [-0.3, -0.25) is 0 Å². The number of anilines is 1. The van der Waals surface area contributed by atoms with E-state index in [4.69, 9.17) is 9.84 Å². The van der Waals surface area contributed by atoms with Crippen molar-refractivity contribution in [3.8, 4) is 22.7 Å². The summed E-state index contributed by atoms with van der Waals surface area (Å²) in [6, 6.07) is 12.6. The molecule has 0 aliphatic carbocycles. The lowest BCUT2D eigenvalue weighted by Gasteiger charge is -2.09. The maximum absolute atomic E-state index is 14.4. The van der Waals surface area contributed by atoms with Crippen LogP contribution in [0.1, 0.15) is 18.4 Å². The molecule has 1 aromatic heterocycles. The van der Waals surface area contributed by atoms with Crippen LogP contribution in [0.15, 0.2) is 46.9 Å². The van der Waals surface area contributed by atoms with Crippen LogP contribution in [0.3, 0.4) is 0 Å². The number of rotatable bonds is 3.